The molecule has 0 saturated carbocycles. The Labute approximate surface area is 113 Å². The predicted molar refractivity (Wildman–Crippen MR) is 80.0 cm³/mol. The van der Waals surface area contributed by atoms with Crippen LogP contribution in [0.1, 0.15) is 17.9 Å². The minimum Gasteiger partial charge on any atom is -0.217 e. The van der Waals surface area contributed by atoms with E-state index in [-0.39, 0.29) is 5.54 Å². The lowest BCUT2D eigenvalue weighted by atomic mass is 9.85. The molecule has 0 heterocycles. The zero-order valence-electron chi connectivity index (χ0n) is 10.1. The highest BCUT2D eigenvalue weighted by Crippen LogP contribution is 2.30. The Balaban J connectivity index is 2.24. The molecule has 1 aromatic rings. The molecule has 0 spiro atoms. The van der Waals surface area contributed by atoms with E-state index in [1.54, 1.807) is 0 Å². The molecule has 18 heavy (non-hydrogen) atoms. The summed E-state index contributed by atoms with van der Waals surface area (Å²) < 4.78 is 0. The Kier molecular flexibility index (Phi) is 4.03. The van der Waals surface area contributed by atoms with Crippen molar-refractivity contribution in [3.05, 3.63) is 72.9 Å². The topological polar surface area (TPSA) is 12.4 Å². The number of isothiocyanates is 1. The summed E-state index contributed by atoms with van der Waals surface area (Å²) >= 11 is 4.72. The van der Waals surface area contributed by atoms with Gasteiger partial charge in [-0.25, -0.2) is 4.99 Å². The summed E-state index contributed by atoms with van der Waals surface area (Å²) in [7, 11) is 0. The van der Waals surface area contributed by atoms with Gasteiger partial charge in [0.25, 0.3) is 0 Å². The van der Waals surface area contributed by atoms with Gasteiger partial charge in [0.2, 0.25) is 0 Å². The number of aliphatic imine (C=N–C) groups is 1. The maximum Gasteiger partial charge on any atom is 0.111 e. The summed E-state index contributed by atoms with van der Waals surface area (Å²) in [6, 6.07) is 10.4. The van der Waals surface area contributed by atoms with Crippen LogP contribution in [-0.2, 0) is 0 Å². The van der Waals surface area contributed by atoms with Crippen LogP contribution in [0.15, 0.2) is 72.3 Å². The third-order valence-corrected chi connectivity index (χ3v) is 3.19. The van der Waals surface area contributed by atoms with Crippen molar-refractivity contribution < 1.29 is 0 Å². The van der Waals surface area contributed by atoms with Gasteiger partial charge in [0, 0.05) is 5.92 Å². The summed E-state index contributed by atoms with van der Waals surface area (Å²) in [4.78, 5) is 4.25. The van der Waals surface area contributed by atoms with Gasteiger partial charge in [0.05, 0.1) is 5.16 Å². The van der Waals surface area contributed by atoms with Crippen molar-refractivity contribution in [2.24, 2.45) is 4.99 Å². The highest BCUT2D eigenvalue weighted by molar-refractivity contribution is 7.78. The van der Waals surface area contributed by atoms with Gasteiger partial charge >= 0.3 is 0 Å². The smallest absolute Gasteiger partial charge is 0.111 e. The summed E-state index contributed by atoms with van der Waals surface area (Å²) in [5.41, 5.74) is 0.901. The molecule has 0 N–H and O–H groups in total. The monoisotopic (exact) mass is 253 g/mol. The zero-order valence-corrected chi connectivity index (χ0v) is 10.9. The molecule has 1 aliphatic carbocycles. The minimum atomic E-state index is -0.380. The van der Waals surface area contributed by atoms with Crippen LogP contribution in [-0.4, -0.2) is 10.7 Å². The number of benzene rings is 1. The van der Waals surface area contributed by atoms with E-state index in [2.05, 4.69) is 65.3 Å². The molecule has 90 valence electrons. The molecule has 0 fully saturated rings. The summed E-state index contributed by atoms with van der Waals surface area (Å²) in [6.45, 7) is 3.77. The highest BCUT2D eigenvalue weighted by atomic mass is 32.1. The van der Waals surface area contributed by atoms with E-state index in [0.717, 1.165) is 6.42 Å². The molecule has 0 amide bonds. The molecule has 0 unspecified atom stereocenters. The van der Waals surface area contributed by atoms with E-state index in [1.165, 1.54) is 5.56 Å². The first-order chi connectivity index (χ1) is 8.79. The number of hydrogen-bond acceptors (Lipinski definition) is 2. The minimum absolute atomic E-state index is 0.310. The van der Waals surface area contributed by atoms with E-state index >= 15 is 0 Å². The first kappa shape index (κ1) is 12.7. The predicted octanol–water partition coefficient (Wildman–Crippen LogP) is 4.31. The van der Waals surface area contributed by atoms with Crippen molar-refractivity contribution in [2.45, 2.75) is 17.9 Å². The third kappa shape index (κ3) is 2.73. The van der Waals surface area contributed by atoms with Crippen molar-refractivity contribution in [1.29, 1.82) is 0 Å². The summed E-state index contributed by atoms with van der Waals surface area (Å²) in [5, 5.41) is 2.48. The summed E-state index contributed by atoms with van der Waals surface area (Å²) in [5.74, 6) is 0.310. The Hall–Kier alpha value is -1.76. The lowest BCUT2D eigenvalue weighted by molar-refractivity contribution is 0.658. The van der Waals surface area contributed by atoms with Gasteiger partial charge in [-0.1, -0.05) is 60.7 Å². The molecule has 0 atom stereocenters. The Bertz CT molecular complexity index is 507. The fraction of sp³-hybridized carbons (Fsp3) is 0.188. The van der Waals surface area contributed by atoms with E-state index in [9.17, 15) is 0 Å². The molecule has 1 nitrogen and oxygen atoms in total. The van der Waals surface area contributed by atoms with Crippen LogP contribution in [0.2, 0.25) is 0 Å². The molecule has 0 aromatic heterocycles. The molecule has 1 aromatic carbocycles. The van der Waals surface area contributed by atoms with Crippen LogP contribution in [0.25, 0.3) is 0 Å². The van der Waals surface area contributed by atoms with E-state index in [4.69, 9.17) is 12.2 Å². The van der Waals surface area contributed by atoms with Gasteiger partial charge in [-0.3, -0.25) is 0 Å². The first-order valence-corrected chi connectivity index (χ1v) is 6.34. The molecular weight excluding hydrogens is 238 g/mol. The third-order valence-electron chi connectivity index (χ3n) is 3.09. The highest BCUT2D eigenvalue weighted by Gasteiger charge is 2.24. The SMILES string of the molecule is C=CCC1(N=C=S)C=CC(c2ccccc2)C=C1. The lowest BCUT2D eigenvalue weighted by Crippen LogP contribution is -2.22. The fourth-order valence-electron chi connectivity index (χ4n) is 2.13. The molecule has 1 aliphatic rings. The largest absolute Gasteiger partial charge is 0.217 e. The maximum absolute atomic E-state index is 4.72. The Morgan fingerprint density at radius 2 is 1.94 bits per heavy atom. The first-order valence-electron chi connectivity index (χ1n) is 5.93. The van der Waals surface area contributed by atoms with Crippen molar-refractivity contribution in [2.75, 3.05) is 0 Å². The van der Waals surface area contributed by atoms with Crippen molar-refractivity contribution in [1.82, 2.24) is 0 Å². The number of thiocarbonyl (C=S) groups is 1. The normalized spacial score (nSPS) is 25.4. The second kappa shape index (κ2) is 5.72. The average Bonchev–Trinajstić information content (AvgIpc) is 2.41. The van der Waals surface area contributed by atoms with Crippen molar-refractivity contribution >= 4 is 17.4 Å². The second-order valence-corrected chi connectivity index (χ2v) is 4.52. The molecule has 2 heteroatoms. The lowest BCUT2D eigenvalue weighted by Gasteiger charge is -2.25. The number of hydrogen-bond donors (Lipinski definition) is 0. The molecule has 0 aliphatic heterocycles. The van der Waals surface area contributed by atoms with Gasteiger partial charge in [-0.2, -0.15) is 0 Å². The Morgan fingerprint density at radius 3 is 2.50 bits per heavy atom. The van der Waals surface area contributed by atoms with Crippen LogP contribution >= 0.6 is 12.2 Å². The number of nitrogens with zero attached hydrogens (tertiary/aromatic N) is 1. The van der Waals surface area contributed by atoms with Crippen molar-refractivity contribution in [3.8, 4) is 0 Å². The average molecular weight is 253 g/mol. The van der Waals surface area contributed by atoms with Gasteiger partial charge in [-0.15, -0.1) is 6.58 Å². The van der Waals surface area contributed by atoms with Crippen LogP contribution < -0.4 is 0 Å². The number of allylic oxidation sites excluding steroid dienone is 2. The molecule has 0 saturated heterocycles. The van der Waals surface area contributed by atoms with Gasteiger partial charge in [0.1, 0.15) is 5.54 Å². The quantitative estimate of drug-likeness (QED) is 0.442. The van der Waals surface area contributed by atoms with E-state index < -0.39 is 0 Å². The van der Waals surface area contributed by atoms with Crippen molar-refractivity contribution in [3.63, 3.8) is 0 Å². The van der Waals surface area contributed by atoms with Crippen LogP contribution in [0.3, 0.4) is 0 Å². The van der Waals surface area contributed by atoms with Gasteiger partial charge in [-0.05, 0) is 24.2 Å². The fourth-order valence-corrected chi connectivity index (χ4v) is 2.30. The van der Waals surface area contributed by atoms with E-state index in [1.807, 2.05) is 12.1 Å². The standard InChI is InChI=1S/C16H15NS/c1-2-10-16(17-13-18)11-8-15(9-12-16)14-6-4-3-5-7-14/h2-9,11-12,15H,1,10H2. The second-order valence-electron chi connectivity index (χ2n) is 4.34. The maximum atomic E-state index is 4.72. The van der Waals surface area contributed by atoms with Crippen LogP contribution in [0.5, 0.6) is 0 Å². The molecule has 0 radical (unpaired) electrons. The van der Waals surface area contributed by atoms with Crippen LogP contribution in [0.4, 0.5) is 0 Å². The molecular formula is C16H15NS. The number of rotatable bonds is 4. The summed E-state index contributed by atoms with van der Waals surface area (Å²) in [6.07, 6.45) is 11.1. The Morgan fingerprint density at radius 1 is 1.28 bits per heavy atom. The molecule has 2 rings (SSSR count). The van der Waals surface area contributed by atoms with Gasteiger partial charge in [0.15, 0.2) is 0 Å². The molecule has 0 bridgehead atoms. The zero-order chi connectivity index (χ0) is 12.8. The van der Waals surface area contributed by atoms with Crippen LogP contribution in [0, 0.1) is 0 Å². The van der Waals surface area contributed by atoms with E-state index in [0.29, 0.717) is 5.92 Å². The van der Waals surface area contributed by atoms with Gasteiger partial charge < -0.3 is 0 Å².